The molecule has 0 saturated heterocycles. The first-order chi connectivity index (χ1) is 9.38. The Hall–Kier alpha value is -1.25. The number of rotatable bonds is 3. The van der Waals surface area contributed by atoms with Crippen molar-refractivity contribution in [1.82, 2.24) is 0 Å². The summed E-state index contributed by atoms with van der Waals surface area (Å²) in [6.07, 6.45) is 0. The molecule has 1 radical (unpaired) electrons. The normalized spacial score (nSPS) is 7.73. The van der Waals surface area contributed by atoms with Gasteiger partial charge in [0.15, 0.2) is 0 Å². The van der Waals surface area contributed by atoms with Crippen LogP contribution in [0.2, 0.25) is 0 Å². The van der Waals surface area contributed by atoms with Gasteiger partial charge in [-0.15, -0.1) is 0 Å². The van der Waals surface area contributed by atoms with Crippen LogP contribution in [0.5, 0.6) is 0 Å². The van der Waals surface area contributed by atoms with Gasteiger partial charge in [-0.3, -0.25) is 9.59 Å². The van der Waals surface area contributed by atoms with Crippen LogP contribution in [0.25, 0.3) is 0 Å². The van der Waals surface area contributed by atoms with E-state index in [4.69, 9.17) is 19.8 Å². The van der Waals surface area contributed by atoms with E-state index in [9.17, 15) is 14.4 Å². The summed E-state index contributed by atoms with van der Waals surface area (Å²) in [6.45, 7) is 5.61. The van der Waals surface area contributed by atoms with Crippen molar-refractivity contribution in [3.8, 4) is 0 Å². The Morgan fingerprint density at radius 3 is 0.864 bits per heavy atom. The Morgan fingerprint density at radius 1 is 0.636 bits per heavy atom. The van der Waals surface area contributed by atoms with Crippen LogP contribution in [0.3, 0.4) is 0 Å². The van der Waals surface area contributed by atoms with Crippen molar-refractivity contribution in [2.75, 3.05) is 0 Å². The van der Waals surface area contributed by atoms with E-state index in [0.29, 0.717) is 0 Å². The minimum Gasteiger partial charge on any atom is 0 e. The summed E-state index contributed by atoms with van der Waals surface area (Å²) in [7, 11) is 0. The summed E-state index contributed by atoms with van der Waals surface area (Å²) in [4.78, 5) is 49.4. The summed E-state index contributed by atoms with van der Waals surface area (Å²) in [5, 5.41) is 14.8. The molecule has 10 nitrogen and oxygen atoms in total. The quantitative estimate of drug-likeness (QED) is 0.438. The molecule has 0 aromatic heterocycles. The second-order valence-electron chi connectivity index (χ2n) is 3.01. The summed E-state index contributed by atoms with van der Waals surface area (Å²) >= 11 is -3.59. The van der Waals surface area contributed by atoms with Crippen LogP contribution in [-0.2, 0) is 49.5 Å². The molecular weight excluding hydrogens is 553 g/mol. The third-order valence-corrected chi connectivity index (χ3v) is 5.35. The van der Waals surface area contributed by atoms with E-state index in [1.54, 1.807) is 0 Å². The number of carbonyl (C=O) groups excluding carboxylic acids is 3. The van der Waals surface area contributed by atoms with Gasteiger partial charge in [0, 0.05) is 30.9 Å². The maximum Gasteiger partial charge on any atom is 0 e. The molecule has 12 heteroatoms. The smallest absolute Gasteiger partial charge is 0 e. The van der Waals surface area contributed by atoms with E-state index >= 15 is 0 Å². The Kier molecular flexibility index (Phi) is 23.3. The van der Waals surface area contributed by atoms with Crippen LogP contribution in [-0.4, -0.2) is 63.1 Å². The summed E-state index contributed by atoms with van der Waals surface area (Å²) in [5.74, 6) is -3.54. The molecule has 0 unspecified atom stereocenters. The first kappa shape index (κ1) is 28.9. The monoisotopic (exact) mass is 569 g/mol. The minimum atomic E-state index is -3.59. The van der Waals surface area contributed by atoms with E-state index in [2.05, 4.69) is 8.44 Å². The van der Waals surface area contributed by atoms with Gasteiger partial charge in [-0.05, 0) is 0 Å². The molecule has 2 N–H and O–H groups in total. The summed E-state index contributed by atoms with van der Waals surface area (Å²) < 4.78 is 13.7. The average molecular weight is 570 g/mol. The molecule has 0 heterocycles. The third-order valence-electron chi connectivity index (χ3n) is 0.609. The van der Waals surface area contributed by atoms with E-state index in [-0.39, 0.29) is 17.1 Å². The maximum absolute atomic E-state index is 10.5. The molecule has 0 amide bonds. The fourth-order valence-corrected chi connectivity index (χ4v) is 3.25. The predicted molar refractivity (Wildman–Crippen MR) is 67.7 cm³/mol. The second kappa shape index (κ2) is 17.8. The average Bonchev–Trinajstić information content (AvgIpc) is 2.10. The van der Waals surface area contributed by atoms with Crippen LogP contribution < -0.4 is 0 Å². The zero-order valence-electron chi connectivity index (χ0n) is 12.4. The molecule has 0 spiro atoms. The molecule has 0 aliphatic carbocycles. The molecule has 0 aromatic carbocycles. The van der Waals surface area contributed by atoms with Crippen molar-refractivity contribution < 1.29 is 59.7 Å². The van der Waals surface area contributed by atoms with Crippen molar-refractivity contribution in [1.29, 1.82) is 0 Å². The van der Waals surface area contributed by atoms with Crippen molar-refractivity contribution in [3.05, 3.63) is 0 Å². The molecule has 0 atom stereocenters. The Morgan fingerprint density at radius 2 is 0.773 bits per heavy atom. The Balaban J connectivity index is -0.000000150. The van der Waals surface area contributed by atoms with Crippen LogP contribution >= 0.6 is 0 Å². The fourth-order valence-electron chi connectivity index (χ4n) is 0.371. The van der Waals surface area contributed by atoms with E-state index in [0.717, 1.165) is 34.6 Å². The topological polar surface area (TPSA) is 153 Å². The zero-order chi connectivity index (χ0) is 17.6. The SMILES string of the molecule is CC(=O)O.CC(=O)O.CC(=O)[O][Bi]([O]C(C)=O)[O]C(C)=O.[Cu]. The number of hydrogen-bond donors (Lipinski definition) is 2. The second-order valence-corrected chi connectivity index (χ2v) is 6.88. The standard InChI is InChI=1S/5C2H4O2.Bi.Cu/c5*1-2(3)4;;/h5*1H3,(H,3,4);;/q;;;;;+3;/p-3. The molecule has 0 rings (SSSR count). The van der Waals surface area contributed by atoms with Crippen molar-refractivity contribution >= 4 is 52.9 Å². The maximum atomic E-state index is 10.5. The molecule has 0 saturated carbocycles. The molecule has 0 aromatic rings. The van der Waals surface area contributed by atoms with Gasteiger partial charge in [-0.25, -0.2) is 0 Å². The molecule has 0 fully saturated rings. The largest absolute Gasteiger partial charge is 0 e. The number of hydrogen-bond acceptors (Lipinski definition) is 8. The van der Waals surface area contributed by atoms with Gasteiger partial charge in [0.05, 0.1) is 0 Å². The first-order valence-corrected chi connectivity index (χ1v) is 9.39. The van der Waals surface area contributed by atoms with Gasteiger partial charge >= 0.3 is 84.6 Å². The van der Waals surface area contributed by atoms with Crippen molar-refractivity contribution in [3.63, 3.8) is 0 Å². The van der Waals surface area contributed by atoms with Gasteiger partial charge < -0.3 is 10.2 Å². The molecule has 0 aliphatic rings. The van der Waals surface area contributed by atoms with Gasteiger partial charge in [0.1, 0.15) is 0 Å². The molecule has 0 bridgehead atoms. The minimum absolute atomic E-state index is 0. The third kappa shape index (κ3) is 51.1. The van der Waals surface area contributed by atoms with Gasteiger partial charge in [-0.2, -0.15) is 0 Å². The summed E-state index contributed by atoms with van der Waals surface area (Å²) in [5.41, 5.74) is 0. The van der Waals surface area contributed by atoms with Crippen LogP contribution in [0.1, 0.15) is 34.6 Å². The van der Waals surface area contributed by atoms with E-state index in [1.807, 2.05) is 0 Å². The predicted octanol–water partition coefficient (Wildman–Crippen LogP) is -0.160. The molecule has 133 valence electrons. The van der Waals surface area contributed by atoms with E-state index in [1.165, 1.54) is 0 Å². The molecule has 22 heavy (non-hydrogen) atoms. The van der Waals surface area contributed by atoms with Crippen molar-refractivity contribution in [2.24, 2.45) is 0 Å². The number of carboxylic acid groups (broad SMARTS) is 2. The van der Waals surface area contributed by atoms with Crippen LogP contribution in [0.15, 0.2) is 0 Å². The number of aliphatic carboxylic acids is 2. The van der Waals surface area contributed by atoms with Gasteiger partial charge in [0.2, 0.25) is 0 Å². The van der Waals surface area contributed by atoms with Crippen molar-refractivity contribution in [2.45, 2.75) is 34.6 Å². The Labute approximate surface area is 147 Å². The molecule has 0 aliphatic heterocycles. The number of carboxylic acids is 2. The first-order valence-electron chi connectivity index (χ1n) is 5.13. The summed E-state index contributed by atoms with van der Waals surface area (Å²) in [6, 6.07) is 0. The number of carbonyl (C=O) groups is 5. The molecular formula is C10H17BiCuO10. The van der Waals surface area contributed by atoms with E-state index < -0.39 is 52.9 Å². The zero-order valence-corrected chi connectivity index (χ0v) is 16.8. The van der Waals surface area contributed by atoms with Crippen LogP contribution in [0.4, 0.5) is 0 Å². The van der Waals surface area contributed by atoms with Gasteiger partial charge in [-0.1, -0.05) is 0 Å². The van der Waals surface area contributed by atoms with Gasteiger partial charge in [0.25, 0.3) is 11.9 Å². The fraction of sp³-hybridized carbons (Fsp3) is 0.500. The van der Waals surface area contributed by atoms with Crippen LogP contribution in [0, 0.1) is 0 Å². The Bertz CT molecular complexity index is 326.